The Morgan fingerprint density at radius 1 is 1.22 bits per heavy atom. The van der Waals surface area contributed by atoms with Crippen molar-refractivity contribution in [2.45, 2.75) is 20.4 Å². The van der Waals surface area contributed by atoms with Gasteiger partial charge in [-0.15, -0.1) is 0 Å². The zero-order valence-corrected chi connectivity index (χ0v) is 17.4. The SMILES string of the molecule is COCCn1c(C)cc(/C=C2/C(=O)N(c3ccc(Cl)cc3)C(=S)N2C)c1C. The second-order valence-corrected chi connectivity index (χ2v) is 7.26. The van der Waals surface area contributed by atoms with Crippen molar-refractivity contribution < 1.29 is 9.53 Å². The van der Waals surface area contributed by atoms with Crippen molar-refractivity contribution in [3.05, 3.63) is 58.0 Å². The summed E-state index contributed by atoms with van der Waals surface area (Å²) in [6, 6.07) is 9.16. The quantitative estimate of drug-likeness (QED) is 0.558. The van der Waals surface area contributed by atoms with Crippen LogP contribution >= 0.6 is 23.8 Å². The van der Waals surface area contributed by atoms with Gasteiger partial charge in [-0.2, -0.15) is 0 Å². The molecule has 0 unspecified atom stereocenters. The van der Waals surface area contributed by atoms with Gasteiger partial charge in [0.15, 0.2) is 5.11 Å². The van der Waals surface area contributed by atoms with E-state index in [1.54, 1.807) is 36.3 Å². The molecule has 2 heterocycles. The average Bonchev–Trinajstić information content (AvgIpc) is 3.02. The number of amides is 1. The molecule has 3 rings (SSSR count). The number of ether oxygens (including phenoxy) is 1. The smallest absolute Gasteiger partial charge is 0.281 e. The average molecular weight is 404 g/mol. The van der Waals surface area contributed by atoms with Crippen LogP contribution in [0.2, 0.25) is 5.02 Å². The van der Waals surface area contributed by atoms with Gasteiger partial charge in [-0.25, -0.2) is 0 Å². The van der Waals surface area contributed by atoms with Gasteiger partial charge in [0.05, 0.1) is 12.3 Å². The van der Waals surface area contributed by atoms with Crippen LogP contribution in [0, 0.1) is 13.8 Å². The number of methoxy groups -OCH3 is 1. The van der Waals surface area contributed by atoms with Crippen LogP contribution in [0.15, 0.2) is 36.0 Å². The molecule has 1 aliphatic rings. The van der Waals surface area contributed by atoms with Gasteiger partial charge in [0.2, 0.25) is 0 Å². The standard InChI is InChI=1S/C20H22ClN3O2S/c1-13-11-15(14(2)23(13)9-10-26-4)12-18-19(25)24(20(27)22(18)3)17-7-5-16(21)6-8-17/h5-8,11-12H,9-10H2,1-4H3/b18-12-. The van der Waals surface area contributed by atoms with Crippen LogP contribution in [-0.4, -0.2) is 41.3 Å². The highest BCUT2D eigenvalue weighted by Crippen LogP contribution is 2.29. The molecule has 0 saturated carbocycles. The fourth-order valence-electron chi connectivity index (χ4n) is 3.22. The molecule has 1 amide bonds. The van der Waals surface area contributed by atoms with Crippen molar-refractivity contribution in [2.24, 2.45) is 0 Å². The van der Waals surface area contributed by atoms with Crippen LogP contribution in [0.3, 0.4) is 0 Å². The number of carbonyl (C=O) groups is 1. The highest BCUT2D eigenvalue weighted by atomic mass is 35.5. The number of aryl methyl sites for hydroxylation is 1. The molecule has 0 spiro atoms. The Morgan fingerprint density at radius 3 is 2.52 bits per heavy atom. The van der Waals surface area contributed by atoms with E-state index < -0.39 is 0 Å². The first-order valence-electron chi connectivity index (χ1n) is 8.60. The van der Waals surface area contributed by atoms with Gasteiger partial charge >= 0.3 is 0 Å². The number of anilines is 1. The van der Waals surface area contributed by atoms with Gasteiger partial charge < -0.3 is 14.2 Å². The molecule has 0 radical (unpaired) electrons. The van der Waals surface area contributed by atoms with Crippen LogP contribution in [0.5, 0.6) is 0 Å². The molecule has 0 aliphatic carbocycles. The van der Waals surface area contributed by atoms with E-state index in [0.29, 0.717) is 28.1 Å². The molecule has 1 fully saturated rings. The minimum absolute atomic E-state index is 0.147. The van der Waals surface area contributed by atoms with E-state index in [0.717, 1.165) is 23.5 Å². The first kappa shape index (κ1) is 19.6. The van der Waals surface area contributed by atoms with E-state index in [-0.39, 0.29) is 5.91 Å². The second kappa shape index (κ2) is 7.84. The van der Waals surface area contributed by atoms with E-state index in [1.807, 2.05) is 20.0 Å². The van der Waals surface area contributed by atoms with E-state index >= 15 is 0 Å². The molecule has 1 saturated heterocycles. The number of thiocarbonyl (C=S) groups is 1. The van der Waals surface area contributed by atoms with Crippen LogP contribution in [0.25, 0.3) is 6.08 Å². The third-order valence-electron chi connectivity index (χ3n) is 4.77. The van der Waals surface area contributed by atoms with Gasteiger partial charge in [0.25, 0.3) is 5.91 Å². The summed E-state index contributed by atoms with van der Waals surface area (Å²) in [6.07, 6.45) is 1.90. The summed E-state index contributed by atoms with van der Waals surface area (Å²) < 4.78 is 7.37. The molecule has 1 aliphatic heterocycles. The van der Waals surface area contributed by atoms with Crippen molar-refractivity contribution in [1.82, 2.24) is 9.47 Å². The lowest BCUT2D eigenvalue weighted by Crippen LogP contribution is -2.31. The van der Waals surface area contributed by atoms with E-state index in [1.165, 1.54) is 4.90 Å². The van der Waals surface area contributed by atoms with E-state index in [9.17, 15) is 4.79 Å². The predicted molar refractivity (Wildman–Crippen MR) is 113 cm³/mol. The van der Waals surface area contributed by atoms with Crippen LogP contribution in [-0.2, 0) is 16.1 Å². The summed E-state index contributed by atoms with van der Waals surface area (Å²) in [7, 11) is 3.50. The van der Waals surface area contributed by atoms with E-state index in [4.69, 9.17) is 28.6 Å². The molecule has 2 aromatic rings. The minimum Gasteiger partial charge on any atom is -0.383 e. The number of likely N-dealkylation sites (N-methyl/N-ethyl adjacent to an activating group) is 1. The summed E-state index contributed by atoms with van der Waals surface area (Å²) in [6.45, 7) is 5.51. The molecular weight excluding hydrogens is 382 g/mol. The molecule has 142 valence electrons. The topological polar surface area (TPSA) is 37.7 Å². The Morgan fingerprint density at radius 2 is 1.89 bits per heavy atom. The molecule has 5 nitrogen and oxygen atoms in total. The van der Waals surface area contributed by atoms with Crippen molar-refractivity contribution >= 4 is 46.6 Å². The van der Waals surface area contributed by atoms with Gasteiger partial charge in [-0.3, -0.25) is 9.69 Å². The largest absolute Gasteiger partial charge is 0.383 e. The first-order chi connectivity index (χ1) is 12.8. The lowest BCUT2D eigenvalue weighted by Gasteiger charge is -2.16. The summed E-state index contributed by atoms with van der Waals surface area (Å²) in [5.41, 5.74) is 4.47. The van der Waals surface area contributed by atoms with E-state index in [2.05, 4.69) is 17.6 Å². The fraction of sp³-hybridized carbons (Fsp3) is 0.300. The summed E-state index contributed by atoms with van der Waals surface area (Å²) in [4.78, 5) is 16.3. The maximum atomic E-state index is 13.1. The Kier molecular flexibility index (Phi) is 5.69. The second-order valence-electron chi connectivity index (χ2n) is 6.46. The maximum absolute atomic E-state index is 13.1. The number of hydrogen-bond acceptors (Lipinski definition) is 3. The van der Waals surface area contributed by atoms with Gasteiger partial charge in [0, 0.05) is 37.1 Å². The lowest BCUT2D eigenvalue weighted by molar-refractivity contribution is -0.114. The number of nitrogens with zero attached hydrogens (tertiary/aromatic N) is 3. The Balaban J connectivity index is 1.96. The molecule has 1 aromatic carbocycles. The third-order valence-corrected chi connectivity index (χ3v) is 5.48. The van der Waals surface area contributed by atoms with Crippen molar-refractivity contribution in [3.8, 4) is 0 Å². The molecule has 0 atom stereocenters. The zero-order chi connectivity index (χ0) is 19.7. The Hall–Kier alpha value is -2.15. The zero-order valence-electron chi connectivity index (χ0n) is 15.8. The third kappa shape index (κ3) is 3.65. The molecule has 0 bridgehead atoms. The van der Waals surface area contributed by atoms with Crippen LogP contribution in [0.1, 0.15) is 17.0 Å². The molecule has 7 heteroatoms. The number of carbonyl (C=O) groups excluding carboxylic acids is 1. The van der Waals surface area contributed by atoms with Crippen molar-refractivity contribution in [3.63, 3.8) is 0 Å². The Labute approximate surface area is 169 Å². The number of hydrogen-bond donors (Lipinski definition) is 0. The molecule has 0 N–H and O–H groups in total. The highest BCUT2D eigenvalue weighted by molar-refractivity contribution is 7.80. The van der Waals surface area contributed by atoms with Gasteiger partial charge in [-0.05, 0) is 68.0 Å². The number of benzene rings is 1. The normalized spacial score (nSPS) is 16.1. The van der Waals surface area contributed by atoms with Gasteiger partial charge in [-0.1, -0.05) is 11.6 Å². The predicted octanol–water partition coefficient (Wildman–Crippen LogP) is 4.01. The van der Waals surface area contributed by atoms with Crippen LogP contribution < -0.4 is 4.90 Å². The molecule has 1 aromatic heterocycles. The Bertz CT molecular complexity index is 918. The summed E-state index contributed by atoms with van der Waals surface area (Å²) in [5.74, 6) is -0.147. The molecular formula is C20H22ClN3O2S. The van der Waals surface area contributed by atoms with Crippen molar-refractivity contribution in [2.75, 3.05) is 25.7 Å². The number of halogens is 1. The summed E-state index contributed by atoms with van der Waals surface area (Å²) in [5, 5.41) is 1.06. The summed E-state index contributed by atoms with van der Waals surface area (Å²) >= 11 is 11.5. The lowest BCUT2D eigenvalue weighted by atomic mass is 10.2. The molecule has 27 heavy (non-hydrogen) atoms. The van der Waals surface area contributed by atoms with Gasteiger partial charge in [0.1, 0.15) is 5.70 Å². The fourth-order valence-corrected chi connectivity index (χ4v) is 3.63. The monoisotopic (exact) mass is 403 g/mol. The first-order valence-corrected chi connectivity index (χ1v) is 9.39. The number of aromatic nitrogens is 1. The number of rotatable bonds is 5. The maximum Gasteiger partial charge on any atom is 0.281 e. The van der Waals surface area contributed by atoms with Crippen LogP contribution in [0.4, 0.5) is 5.69 Å². The van der Waals surface area contributed by atoms with Crippen molar-refractivity contribution in [1.29, 1.82) is 0 Å². The minimum atomic E-state index is -0.147. The highest BCUT2D eigenvalue weighted by Gasteiger charge is 2.36.